The largest absolute Gasteiger partial charge is 0.396 e. The number of hydrogen-bond donors (Lipinski definition) is 2. The number of amides is 1. The number of nitrogens with zero attached hydrogens (tertiary/aromatic N) is 2. The Morgan fingerprint density at radius 3 is 2.50 bits per heavy atom. The number of aliphatic hydroxyl groups is 1. The molecule has 2 N–H and O–H groups in total. The highest BCUT2D eigenvalue weighted by Crippen LogP contribution is 2.24. The number of carbonyl (C=O) groups is 1. The number of carbonyl (C=O) groups excluding carboxylic acids is 1. The lowest BCUT2D eigenvalue weighted by Gasteiger charge is -2.29. The molecule has 18 heavy (non-hydrogen) atoms. The third-order valence-electron chi connectivity index (χ3n) is 3.31. The van der Waals surface area contributed by atoms with Gasteiger partial charge in [0.2, 0.25) is 0 Å². The van der Waals surface area contributed by atoms with Crippen LogP contribution in [0.4, 0.5) is 0 Å². The van der Waals surface area contributed by atoms with Gasteiger partial charge < -0.3 is 10.4 Å². The van der Waals surface area contributed by atoms with E-state index in [1.54, 1.807) is 0 Å². The first kappa shape index (κ1) is 14.9. The van der Waals surface area contributed by atoms with Crippen LogP contribution in [0.3, 0.4) is 0 Å². The van der Waals surface area contributed by atoms with Gasteiger partial charge in [-0.3, -0.25) is 4.79 Å². The molecule has 0 atom stereocenters. The highest BCUT2D eigenvalue weighted by atomic mass is 35.5. The second kappa shape index (κ2) is 6.66. The minimum atomic E-state index is -0.307. The molecule has 1 aromatic rings. The summed E-state index contributed by atoms with van der Waals surface area (Å²) in [5.74, 6) is -0.307. The fourth-order valence-electron chi connectivity index (χ4n) is 1.57. The Kier molecular flexibility index (Phi) is 5.50. The summed E-state index contributed by atoms with van der Waals surface area (Å²) in [7, 11) is 0. The summed E-state index contributed by atoms with van der Waals surface area (Å²) in [6, 6.07) is 0. The van der Waals surface area contributed by atoms with Crippen LogP contribution in [0.25, 0.3) is 0 Å². The molecule has 0 unspecified atom stereocenters. The summed E-state index contributed by atoms with van der Waals surface area (Å²) in [4.78, 5) is 19.5. The lowest BCUT2D eigenvalue weighted by atomic mass is 9.83. The molecule has 1 heterocycles. The average Bonchev–Trinajstić information content (AvgIpc) is 2.41. The molecule has 0 fully saturated rings. The first-order chi connectivity index (χ1) is 8.56. The van der Waals surface area contributed by atoms with E-state index in [1.165, 1.54) is 12.4 Å². The molecule has 0 aliphatic rings. The zero-order valence-corrected chi connectivity index (χ0v) is 11.4. The van der Waals surface area contributed by atoms with Crippen molar-refractivity contribution in [3.63, 3.8) is 0 Å². The lowest BCUT2D eigenvalue weighted by Crippen LogP contribution is -2.39. The van der Waals surface area contributed by atoms with Crippen molar-refractivity contribution in [2.75, 3.05) is 13.2 Å². The van der Waals surface area contributed by atoms with Crippen molar-refractivity contribution in [1.29, 1.82) is 0 Å². The Morgan fingerprint density at radius 1 is 1.39 bits per heavy atom. The van der Waals surface area contributed by atoms with E-state index >= 15 is 0 Å². The van der Waals surface area contributed by atoms with E-state index in [-0.39, 0.29) is 28.8 Å². The number of rotatable bonds is 6. The first-order valence-corrected chi connectivity index (χ1v) is 6.31. The van der Waals surface area contributed by atoms with Gasteiger partial charge in [0.15, 0.2) is 0 Å². The molecule has 0 aliphatic carbocycles. The van der Waals surface area contributed by atoms with E-state index in [0.717, 1.165) is 12.8 Å². The summed E-state index contributed by atoms with van der Waals surface area (Å²) in [5, 5.41) is 12.4. The average molecular weight is 272 g/mol. The van der Waals surface area contributed by atoms with Gasteiger partial charge in [0, 0.05) is 12.0 Å². The number of aliphatic hydroxyl groups excluding tert-OH is 1. The Bertz CT molecular complexity index is 383. The molecule has 0 saturated heterocycles. The standard InChI is InChI=1S/C12H18ClN3O2/c1-3-12(4-2,8-17)7-16-11(18)9-5-15-10(13)6-14-9/h5-6,17H,3-4,7-8H2,1-2H3,(H,16,18). The van der Waals surface area contributed by atoms with E-state index < -0.39 is 0 Å². The van der Waals surface area contributed by atoms with Crippen LogP contribution in [0, 0.1) is 5.41 Å². The Hall–Kier alpha value is -1.20. The SMILES string of the molecule is CCC(CC)(CO)CNC(=O)c1cnc(Cl)cn1. The topological polar surface area (TPSA) is 75.1 Å². The van der Waals surface area contributed by atoms with Crippen molar-refractivity contribution in [3.8, 4) is 0 Å². The van der Waals surface area contributed by atoms with Gasteiger partial charge in [-0.15, -0.1) is 0 Å². The van der Waals surface area contributed by atoms with Gasteiger partial charge in [0.1, 0.15) is 10.8 Å². The van der Waals surface area contributed by atoms with E-state index in [1.807, 2.05) is 13.8 Å². The third kappa shape index (κ3) is 3.65. The van der Waals surface area contributed by atoms with Crippen LogP contribution in [0.1, 0.15) is 37.2 Å². The van der Waals surface area contributed by atoms with Crippen LogP contribution < -0.4 is 5.32 Å². The quantitative estimate of drug-likeness (QED) is 0.825. The smallest absolute Gasteiger partial charge is 0.271 e. The zero-order valence-electron chi connectivity index (χ0n) is 10.6. The van der Waals surface area contributed by atoms with Gasteiger partial charge >= 0.3 is 0 Å². The fourth-order valence-corrected chi connectivity index (χ4v) is 1.66. The van der Waals surface area contributed by atoms with Crippen LogP contribution in [0.5, 0.6) is 0 Å². The number of aromatic nitrogens is 2. The Balaban J connectivity index is 2.63. The molecule has 0 spiro atoms. The van der Waals surface area contributed by atoms with Crippen LogP contribution >= 0.6 is 11.6 Å². The molecule has 0 aromatic carbocycles. The van der Waals surface area contributed by atoms with Gasteiger partial charge in [0.05, 0.1) is 19.0 Å². The van der Waals surface area contributed by atoms with Crippen molar-refractivity contribution in [1.82, 2.24) is 15.3 Å². The van der Waals surface area contributed by atoms with Gasteiger partial charge in [0.25, 0.3) is 5.91 Å². The van der Waals surface area contributed by atoms with Crippen molar-refractivity contribution in [2.45, 2.75) is 26.7 Å². The van der Waals surface area contributed by atoms with Crippen LogP contribution in [-0.2, 0) is 0 Å². The van der Waals surface area contributed by atoms with Crippen molar-refractivity contribution in [2.24, 2.45) is 5.41 Å². The highest BCUT2D eigenvalue weighted by molar-refractivity contribution is 6.29. The van der Waals surface area contributed by atoms with Gasteiger partial charge in [-0.25, -0.2) is 9.97 Å². The molecule has 0 bridgehead atoms. The molecule has 5 nitrogen and oxygen atoms in total. The maximum Gasteiger partial charge on any atom is 0.271 e. The Labute approximate surface area is 112 Å². The van der Waals surface area contributed by atoms with E-state index in [2.05, 4.69) is 15.3 Å². The van der Waals surface area contributed by atoms with Gasteiger partial charge in [-0.1, -0.05) is 25.4 Å². The second-order valence-electron chi connectivity index (χ2n) is 4.27. The molecule has 1 amide bonds. The van der Waals surface area contributed by atoms with Crippen LogP contribution in [0.2, 0.25) is 5.15 Å². The number of hydrogen-bond acceptors (Lipinski definition) is 4. The molecule has 6 heteroatoms. The van der Waals surface area contributed by atoms with Gasteiger partial charge in [-0.2, -0.15) is 0 Å². The van der Waals surface area contributed by atoms with Crippen LogP contribution in [0.15, 0.2) is 12.4 Å². The zero-order chi connectivity index (χ0) is 13.6. The van der Waals surface area contributed by atoms with E-state index in [0.29, 0.717) is 6.54 Å². The Morgan fingerprint density at radius 2 is 2.06 bits per heavy atom. The van der Waals surface area contributed by atoms with Crippen molar-refractivity contribution in [3.05, 3.63) is 23.2 Å². The summed E-state index contributed by atoms with van der Waals surface area (Å²) < 4.78 is 0. The number of nitrogens with one attached hydrogen (secondary N) is 1. The summed E-state index contributed by atoms with van der Waals surface area (Å²) in [6.07, 6.45) is 4.25. The molecule has 0 saturated carbocycles. The van der Waals surface area contributed by atoms with Crippen molar-refractivity contribution >= 4 is 17.5 Å². The molecule has 1 aromatic heterocycles. The molecule has 0 aliphatic heterocycles. The first-order valence-electron chi connectivity index (χ1n) is 5.93. The second-order valence-corrected chi connectivity index (χ2v) is 4.66. The molecular formula is C12H18ClN3O2. The van der Waals surface area contributed by atoms with Crippen LogP contribution in [-0.4, -0.2) is 34.1 Å². The lowest BCUT2D eigenvalue weighted by molar-refractivity contribution is 0.0846. The third-order valence-corrected chi connectivity index (χ3v) is 3.51. The molecule has 1 rings (SSSR count). The fraction of sp³-hybridized carbons (Fsp3) is 0.583. The van der Waals surface area contributed by atoms with E-state index in [4.69, 9.17) is 11.6 Å². The monoisotopic (exact) mass is 271 g/mol. The number of halogens is 1. The normalized spacial score (nSPS) is 11.3. The van der Waals surface area contributed by atoms with Crippen molar-refractivity contribution < 1.29 is 9.90 Å². The summed E-state index contributed by atoms with van der Waals surface area (Å²) in [5.41, 5.74) is -0.0476. The summed E-state index contributed by atoms with van der Waals surface area (Å²) in [6.45, 7) is 4.45. The molecule has 100 valence electrons. The predicted octanol–water partition coefficient (Wildman–Crippen LogP) is 1.66. The van der Waals surface area contributed by atoms with E-state index in [9.17, 15) is 9.90 Å². The molecule has 0 radical (unpaired) electrons. The minimum Gasteiger partial charge on any atom is -0.396 e. The maximum absolute atomic E-state index is 11.8. The molecular weight excluding hydrogens is 254 g/mol. The highest BCUT2D eigenvalue weighted by Gasteiger charge is 2.26. The predicted molar refractivity (Wildman–Crippen MR) is 69.5 cm³/mol. The minimum absolute atomic E-state index is 0.0482. The maximum atomic E-state index is 11.8. The van der Waals surface area contributed by atoms with Gasteiger partial charge in [-0.05, 0) is 12.8 Å². The summed E-state index contributed by atoms with van der Waals surface area (Å²) >= 11 is 5.59.